The standard InChI is InChI=1S/C22H21ClN2O3S/c1-16-14-18(22(26)25(2)15-17-6-4-3-5-7-17)8-13-21(16)24-29(27,28)20-11-9-19(23)10-12-20/h3-14,24H,15H2,1-2H3. The monoisotopic (exact) mass is 428 g/mol. The van der Waals surface area contributed by atoms with Crippen molar-refractivity contribution in [3.63, 3.8) is 0 Å². The first-order valence-electron chi connectivity index (χ1n) is 8.95. The van der Waals surface area contributed by atoms with E-state index < -0.39 is 10.0 Å². The maximum Gasteiger partial charge on any atom is 0.261 e. The molecule has 5 nitrogen and oxygen atoms in total. The second-order valence-electron chi connectivity index (χ2n) is 6.74. The van der Waals surface area contributed by atoms with Crippen LogP contribution >= 0.6 is 11.6 Å². The van der Waals surface area contributed by atoms with E-state index in [0.29, 0.717) is 28.4 Å². The number of carbonyl (C=O) groups excluding carboxylic acids is 1. The van der Waals surface area contributed by atoms with Crippen molar-refractivity contribution in [3.05, 3.63) is 94.5 Å². The van der Waals surface area contributed by atoms with E-state index in [1.807, 2.05) is 30.3 Å². The highest BCUT2D eigenvalue weighted by Gasteiger charge is 2.17. The lowest BCUT2D eigenvalue weighted by molar-refractivity contribution is 0.0785. The molecule has 0 atom stereocenters. The summed E-state index contributed by atoms with van der Waals surface area (Å²) in [6.07, 6.45) is 0. The van der Waals surface area contributed by atoms with Crippen LogP contribution in [0.25, 0.3) is 0 Å². The molecule has 0 spiro atoms. The highest BCUT2D eigenvalue weighted by atomic mass is 35.5. The first kappa shape index (κ1) is 20.9. The van der Waals surface area contributed by atoms with Crippen molar-refractivity contribution in [1.29, 1.82) is 0 Å². The molecule has 3 aromatic carbocycles. The van der Waals surface area contributed by atoms with Crippen LogP contribution in [0.15, 0.2) is 77.7 Å². The Labute approximate surface area is 176 Å². The number of sulfonamides is 1. The van der Waals surface area contributed by atoms with Gasteiger partial charge in [-0.25, -0.2) is 8.42 Å². The highest BCUT2D eigenvalue weighted by molar-refractivity contribution is 7.92. The third kappa shape index (κ3) is 5.16. The second kappa shape index (κ2) is 8.68. The van der Waals surface area contributed by atoms with Crippen LogP contribution in [-0.2, 0) is 16.6 Å². The van der Waals surface area contributed by atoms with Crippen LogP contribution in [0.4, 0.5) is 5.69 Å². The van der Waals surface area contributed by atoms with Gasteiger partial charge in [-0.1, -0.05) is 41.9 Å². The third-order valence-corrected chi connectivity index (χ3v) is 6.08. The van der Waals surface area contributed by atoms with Crippen LogP contribution in [0.2, 0.25) is 5.02 Å². The predicted molar refractivity (Wildman–Crippen MR) is 116 cm³/mol. The van der Waals surface area contributed by atoms with Gasteiger partial charge in [-0.15, -0.1) is 0 Å². The minimum absolute atomic E-state index is 0.115. The summed E-state index contributed by atoms with van der Waals surface area (Å²) in [5.41, 5.74) is 2.60. The van der Waals surface area contributed by atoms with Crippen molar-refractivity contribution in [1.82, 2.24) is 4.90 Å². The van der Waals surface area contributed by atoms with E-state index >= 15 is 0 Å². The molecule has 0 aromatic heterocycles. The van der Waals surface area contributed by atoms with Gasteiger partial charge in [-0.2, -0.15) is 0 Å². The number of hydrogen-bond acceptors (Lipinski definition) is 3. The number of carbonyl (C=O) groups is 1. The lowest BCUT2D eigenvalue weighted by Crippen LogP contribution is -2.26. The third-order valence-electron chi connectivity index (χ3n) is 4.45. The molecule has 0 bridgehead atoms. The SMILES string of the molecule is Cc1cc(C(=O)N(C)Cc2ccccc2)ccc1NS(=O)(=O)c1ccc(Cl)cc1. The minimum atomic E-state index is -3.75. The Morgan fingerprint density at radius 3 is 2.28 bits per heavy atom. The number of hydrogen-bond donors (Lipinski definition) is 1. The van der Waals surface area contributed by atoms with E-state index in [2.05, 4.69) is 4.72 Å². The molecule has 150 valence electrons. The molecule has 3 aromatic rings. The van der Waals surface area contributed by atoms with Gasteiger partial charge in [0.25, 0.3) is 15.9 Å². The van der Waals surface area contributed by atoms with Crippen molar-refractivity contribution in [3.8, 4) is 0 Å². The zero-order valence-electron chi connectivity index (χ0n) is 16.1. The Morgan fingerprint density at radius 2 is 1.66 bits per heavy atom. The fraction of sp³-hybridized carbons (Fsp3) is 0.136. The summed E-state index contributed by atoms with van der Waals surface area (Å²) in [7, 11) is -2.01. The van der Waals surface area contributed by atoms with Gasteiger partial charge in [0.2, 0.25) is 0 Å². The number of halogens is 1. The Morgan fingerprint density at radius 1 is 1.00 bits per heavy atom. The summed E-state index contributed by atoms with van der Waals surface area (Å²) in [6, 6.07) is 20.5. The number of benzene rings is 3. The fourth-order valence-electron chi connectivity index (χ4n) is 2.88. The van der Waals surface area contributed by atoms with Gasteiger partial charge >= 0.3 is 0 Å². The summed E-state index contributed by atoms with van der Waals surface area (Å²) in [5.74, 6) is -0.135. The number of amides is 1. The second-order valence-corrected chi connectivity index (χ2v) is 8.85. The average Bonchev–Trinajstić information content (AvgIpc) is 2.70. The largest absolute Gasteiger partial charge is 0.337 e. The fourth-order valence-corrected chi connectivity index (χ4v) is 4.13. The summed E-state index contributed by atoms with van der Waals surface area (Å²) in [4.78, 5) is 14.5. The summed E-state index contributed by atoms with van der Waals surface area (Å²) < 4.78 is 27.7. The molecule has 0 fully saturated rings. The van der Waals surface area contributed by atoms with E-state index in [4.69, 9.17) is 11.6 Å². The molecular weight excluding hydrogens is 408 g/mol. The Bertz CT molecular complexity index is 1110. The quantitative estimate of drug-likeness (QED) is 0.617. The van der Waals surface area contributed by atoms with Crippen LogP contribution in [0.1, 0.15) is 21.5 Å². The van der Waals surface area contributed by atoms with Crippen molar-refractivity contribution in [2.45, 2.75) is 18.4 Å². The van der Waals surface area contributed by atoms with E-state index in [0.717, 1.165) is 5.56 Å². The molecule has 0 unspecified atom stereocenters. The Balaban J connectivity index is 1.76. The van der Waals surface area contributed by atoms with Gasteiger partial charge in [-0.05, 0) is 60.5 Å². The molecule has 1 N–H and O–H groups in total. The van der Waals surface area contributed by atoms with Crippen LogP contribution in [0.5, 0.6) is 0 Å². The zero-order chi connectivity index (χ0) is 21.0. The Kier molecular flexibility index (Phi) is 6.25. The molecular formula is C22H21ClN2O3S. The molecule has 0 aliphatic carbocycles. The van der Waals surface area contributed by atoms with Gasteiger partial charge in [0.1, 0.15) is 0 Å². The van der Waals surface area contributed by atoms with Crippen LogP contribution in [0, 0.1) is 6.92 Å². The Hall–Kier alpha value is -2.83. The average molecular weight is 429 g/mol. The van der Waals surface area contributed by atoms with Gasteiger partial charge < -0.3 is 4.90 Å². The number of rotatable bonds is 6. The number of aryl methyl sites for hydroxylation is 1. The van der Waals surface area contributed by atoms with Crippen molar-refractivity contribution in [2.24, 2.45) is 0 Å². The summed E-state index contributed by atoms with van der Waals surface area (Å²) in [5, 5.41) is 0.461. The number of nitrogens with one attached hydrogen (secondary N) is 1. The van der Waals surface area contributed by atoms with E-state index in [-0.39, 0.29) is 10.8 Å². The van der Waals surface area contributed by atoms with Crippen LogP contribution in [0.3, 0.4) is 0 Å². The number of nitrogens with zero attached hydrogens (tertiary/aromatic N) is 1. The molecule has 0 radical (unpaired) electrons. The first-order valence-corrected chi connectivity index (χ1v) is 10.8. The summed E-state index contributed by atoms with van der Waals surface area (Å²) in [6.45, 7) is 2.25. The van der Waals surface area contributed by atoms with Gasteiger partial charge in [0.05, 0.1) is 10.6 Å². The molecule has 0 saturated carbocycles. The van der Waals surface area contributed by atoms with Crippen LogP contribution < -0.4 is 4.72 Å². The lowest BCUT2D eigenvalue weighted by Gasteiger charge is -2.18. The number of anilines is 1. The normalized spacial score (nSPS) is 11.1. The molecule has 0 saturated heterocycles. The van der Waals surface area contributed by atoms with Crippen molar-refractivity contribution >= 4 is 33.2 Å². The van der Waals surface area contributed by atoms with E-state index in [1.54, 1.807) is 37.1 Å². The minimum Gasteiger partial charge on any atom is -0.337 e. The first-order chi connectivity index (χ1) is 13.8. The van der Waals surface area contributed by atoms with Crippen molar-refractivity contribution in [2.75, 3.05) is 11.8 Å². The maximum absolute atomic E-state index is 12.7. The van der Waals surface area contributed by atoms with E-state index in [9.17, 15) is 13.2 Å². The molecule has 0 heterocycles. The molecule has 3 rings (SSSR count). The molecule has 7 heteroatoms. The topological polar surface area (TPSA) is 66.5 Å². The summed E-state index contributed by atoms with van der Waals surface area (Å²) >= 11 is 5.82. The maximum atomic E-state index is 12.7. The van der Waals surface area contributed by atoms with E-state index in [1.165, 1.54) is 24.3 Å². The van der Waals surface area contributed by atoms with Gasteiger partial charge in [0.15, 0.2) is 0 Å². The smallest absolute Gasteiger partial charge is 0.261 e. The van der Waals surface area contributed by atoms with Crippen LogP contribution in [-0.4, -0.2) is 26.3 Å². The predicted octanol–water partition coefficient (Wildman–Crippen LogP) is 4.72. The zero-order valence-corrected chi connectivity index (χ0v) is 17.7. The molecule has 0 aliphatic heterocycles. The molecule has 0 aliphatic rings. The molecule has 29 heavy (non-hydrogen) atoms. The highest BCUT2D eigenvalue weighted by Crippen LogP contribution is 2.22. The van der Waals surface area contributed by atoms with Gasteiger partial charge in [-0.3, -0.25) is 9.52 Å². The lowest BCUT2D eigenvalue weighted by atomic mass is 10.1. The molecule has 1 amide bonds. The van der Waals surface area contributed by atoms with Crippen molar-refractivity contribution < 1.29 is 13.2 Å². The van der Waals surface area contributed by atoms with Gasteiger partial charge in [0, 0.05) is 24.2 Å².